The lowest BCUT2D eigenvalue weighted by Crippen LogP contribution is -2.48. The summed E-state index contributed by atoms with van der Waals surface area (Å²) in [6, 6.07) is 3.82. The Morgan fingerprint density at radius 1 is 1.54 bits per heavy atom. The van der Waals surface area contributed by atoms with E-state index < -0.39 is 0 Å². The van der Waals surface area contributed by atoms with E-state index in [9.17, 15) is 4.79 Å². The summed E-state index contributed by atoms with van der Waals surface area (Å²) >= 11 is 0. The first kappa shape index (κ1) is 18.0. The summed E-state index contributed by atoms with van der Waals surface area (Å²) in [4.78, 5) is 22.5. The van der Waals surface area contributed by atoms with Gasteiger partial charge in [-0.05, 0) is 31.4 Å². The van der Waals surface area contributed by atoms with Crippen LogP contribution in [0.1, 0.15) is 25.3 Å². The summed E-state index contributed by atoms with van der Waals surface area (Å²) < 4.78 is 10.3. The van der Waals surface area contributed by atoms with Gasteiger partial charge in [0.1, 0.15) is 0 Å². The molecule has 7 nitrogen and oxygen atoms in total. The van der Waals surface area contributed by atoms with Gasteiger partial charge in [-0.15, -0.1) is 0 Å². The summed E-state index contributed by atoms with van der Waals surface area (Å²) in [5, 5.41) is 3.34. The van der Waals surface area contributed by atoms with Crippen molar-refractivity contribution >= 4 is 11.9 Å². The van der Waals surface area contributed by atoms with Crippen molar-refractivity contribution < 1.29 is 14.3 Å². The summed E-state index contributed by atoms with van der Waals surface area (Å²) in [5.41, 5.74) is 1.06. The predicted molar refractivity (Wildman–Crippen MR) is 91.9 cm³/mol. The monoisotopic (exact) mass is 334 g/mol. The Morgan fingerprint density at radius 3 is 3.08 bits per heavy atom. The number of aromatic nitrogens is 1. The Bertz CT molecular complexity index is 577. The maximum atomic E-state index is 12.0. The van der Waals surface area contributed by atoms with Crippen LogP contribution in [-0.4, -0.2) is 55.7 Å². The van der Waals surface area contributed by atoms with Crippen LogP contribution >= 0.6 is 0 Å². The molecule has 1 aromatic rings. The number of esters is 1. The van der Waals surface area contributed by atoms with E-state index >= 15 is 0 Å². The average molecular weight is 334 g/mol. The largest absolute Gasteiger partial charge is 0.481 e. The molecule has 0 aromatic carbocycles. The molecule has 1 unspecified atom stereocenters. The van der Waals surface area contributed by atoms with E-state index in [0.717, 1.165) is 30.9 Å². The third-order valence-electron chi connectivity index (χ3n) is 4.01. The molecule has 2 heterocycles. The molecule has 0 amide bonds. The number of methoxy groups -OCH3 is 1. The average Bonchev–Trinajstić information content (AvgIpc) is 2.63. The van der Waals surface area contributed by atoms with Gasteiger partial charge in [-0.1, -0.05) is 0 Å². The minimum Gasteiger partial charge on any atom is -0.481 e. The lowest BCUT2D eigenvalue weighted by Gasteiger charge is -2.34. The van der Waals surface area contributed by atoms with Gasteiger partial charge in [0.15, 0.2) is 5.96 Å². The molecule has 0 aliphatic carbocycles. The minimum atomic E-state index is -0.114. The van der Waals surface area contributed by atoms with Gasteiger partial charge in [-0.3, -0.25) is 9.79 Å². The van der Waals surface area contributed by atoms with Crippen LogP contribution in [0.15, 0.2) is 23.3 Å². The number of likely N-dealkylation sites (tertiary alicyclic amines) is 1. The standard InChI is InChI=1S/C17H26N4O3/c1-4-24-16(22)14-6-5-9-21(12-14)17(18-2)20-11-13-7-8-19-15(10-13)23-3/h7-8,10,14H,4-6,9,11-12H2,1-3H3,(H,18,20). The highest BCUT2D eigenvalue weighted by Gasteiger charge is 2.28. The maximum absolute atomic E-state index is 12.0. The number of aliphatic imine (C=N–C) groups is 1. The summed E-state index contributed by atoms with van der Waals surface area (Å²) in [6.07, 6.45) is 3.54. The van der Waals surface area contributed by atoms with Gasteiger partial charge in [-0.2, -0.15) is 0 Å². The first-order chi connectivity index (χ1) is 11.7. The number of ether oxygens (including phenoxy) is 2. The fourth-order valence-electron chi connectivity index (χ4n) is 2.81. The van der Waals surface area contributed by atoms with Gasteiger partial charge >= 0.3 is 5.97 Å². The zero-order valence-electron chi connectivity index (χ0n) is 14.6. The summed E-state index contributed by atoms with van der Waals surface area (Å²) in [6.45, 7) is 4.40. The number of nitrogens with zero attached hydrogens (tertiary/aromatic N) is 3. The normalized spacial score (nSPS) is 18.2. The van der Waals surface area contributed by atoms with Gasteiger partial charge in [-0.25, -0.2) is 4.98 Å². The fraction of sp³-hybridized carbons (Fsp3) is 0.588. The molecule has 132 valence electrons. The Labute approximate surface area is 143 Å². The molecule has 1 fully saturated rings. The molecule has 1 aromatic heterocycles. The van der Waals surface area contributed by atoms with E-state index in [1.165, 1.54) is 0 Å². The van der Waals surface area contributed by atoms with Crippen molar-refractivity contribution in [3.8, 4) is 5.88 Å². The van der Waals surface area contributed by atoms with Crippen molar-refractivity contribution in [2.45, 2.75) is 26.3 Å². The Morgan fingerprint density at radius 2 is 2.38 bits per heavy atom. The number of rotatable bonds is 5. The quantitative estimate of drug-likeness (QED) is 0.499. The van der Waals surface area contributed by atoms with Crippen molar-refractivity contribution in [3.63, 3.8) is 0 Å². The Hall–Kier alpha value is -2.31. The number of piperidine rings is 1. The highest BCUT2D eigenvalue weighted by Crippen LogP contribution is 2.18. The Kier molecular flexibility index (Phi) is 6.84. The third kappa shape index (κ3) is 4.84. The highest BCUT2D eigenvalue weighted by atomic mass is 16.5. The predicted octanol–water partition coefficient (Wildman–Crippen LogP) is 1.44. The topological polar surface area (TPSA) is 76.0 Å². The number of carbonyl (C=O) groups is 1. The van der Waals surface area contributed by atoms with Crippen LogP contribution in [0.2, 0.25) is 0 Å². The van der Waals surface area contributed by atoms with Gasteiger partial charge < -0.3 is 19.7 Å². The molecule has 7 heteroatoms. The molecule has 0 spiro atoms. The number of nitrogens with one attached hydrogen (secondary N) is 1. The zero-order valence-corrected chi connectivity index (χ0v) is 14.6. The van der Waals surface area contributed by atoms with Crippen LogP contribution in [0, 0.1) is 5.92 Å². The number of hydrogen-bond acceptors (Lipinski definition) is 5. The molecule has 24 heavy (non-hydrogen) atoms. The van der Waals surface area contributed by atoms with Gasteiger partial charge in [0.2, 0.25) is 5.88 Å². The number of guanidine groups is 1. The number of pyridine rings is 1. The lowest BCUT2D eigenvalue weighted by molar-refractivity contribution is -0.149. The van der Waals surface area contributed by atoms with Crippen LogP contribution in [0.5, 0.6) is 5.88 Å². The molecule has 2 rings (SSSR count). The van der Waals surface area contributed by atoms with Crippen molar-refractivity contribution in [2.24, 2.45) is 10.9 Å². The van der Waals surface area contributed by atoms with Crippen LogP contribution in [0.3, 0.4) is 0 Å². The second-order valence-corrected chi connectivity index (χ2v) is 5.64. The SMILES string of the molecule is CCOC(=O)C1CCCN(C(=NC)NCc2ccnc(OC)c2)C1. The first-order valence-electron chi connectivity index (χ1n) is 8.29. The van der Waals surface area contributed by atoms with Crippen LogP contribution in [0.25, 0.3) is 0 Å². The number of carbonyl (C=O) groups excluding carboxylic acids is 1. The number of hydrogen-bond donors (Lipinski definition) is 1. The second kappa shape index (κ2) is 9.10. The maximum Gasteiger partial charge on any atom is 0.310 e. The second-order valence-electron chi connectivity index (χ2n) is 5.64. The van der Waals surface area contributed by atoms with E-state index in [4.69, 9.17) is 9.47 Å². The third-order valence-corrected chi connectivity index (χ3v) is 4.01. The van der Waals surface area contributed by atoms with Crippen molar-refractivity contribution in [1.82, 2.24) is 15.2 Å². The smallest absolute Gasteiger partial charge is 0.310 e. The summed E-state index contributed by atoms with van der Waals surface area (Å²) in [7, 11) is 3.35. The lowest BCUT2D eigenvalue weighted by atomic mass is 9.98. The first-order valence-corrected chi connectivity index (χ1v) is 8.29. The van der Waals surface area contributed by atoms with E-state index in [2.05, 4.69) is 20.2 Å². The molecule has 1 aliphatic rings. The zero-order chi connectivity index (χ0) is 17.4. The van der Waals surface area contributed by atoms with Gasteiger partial charge in [0.25, 0.3) is 0 Å². The molecule has 1 atom stereocenters. The molecule has 1 aliphatic heterocycles. The molecular formula is C17H26N4O3. The van der Waals surface area contributed by atoms with E-state index in [1.54, 1.807) is 20.4 Å². The van der Waals surface area contributed by atoms with Crippen LogP contribution in [-0.2, 0) is 16.1 Å². The van der Waals surface area contributed by atoms with E-state index in [0.29, 0.717) is 25.6 Å². The van der Waals surface area contributed by atoms with Crippen LogP contribution in [0.4, 0.5) is 0 Å². The molecule has 1 N–H and O–H groups in total. The van der Waals surface area contributed by atoms with Crippen LogP contribution < -0.4 is 10.1 Å². The fourth-order valence-corrected chi connectivity index (χ4v) is 2.81. The Balaban J connectivity index is 1.94. The van der Waals surface area contributed by atoms with Crippen molar-refractivity contribution in [1.29, 1.82) is 0 Å². The van der Waals surface area contributed by atoms with Gasteiger partial charge in [0.05, 0.1) is 19.6 Å². The molecular weight excluding hydrogens is 308 g/mol. The molecule has 0 radical (unpaired) electrons. The molecule has 0 bridgehead atoms. The molecule has 0 saturated carbocycles. The van der Waals surface area contributed by atoms with Crippen molar-refractivity contribution in [3.05, 3.63) is 23.9 Å². The van der Waals surface area contributed by atoms with Crippen molar-refractivity contribution in [2.75, 3.05) is 33.9 Å². The van der Waals surface area contributed by atoms with E-state index in [-0.39, 0.29) is 11.9 Å². The summed E-state index contributed by atoms with van der Waals surface area (Å²) in [5.74, 6) is 1.18. The van der Waals surface area contributed by atoms with Gasteiger partial charge in [0, 0.05) is 38.9 Å². The van der Waals surface area contributed by atoms with E-state index in [1.807, 2.05) is 19.1 Å². The molecule has 1 saturated heterocycles. The highest BCUT2D eigenvalue weighted by molar-refractivity contribution is 5.81. The minimum absolute atomic E-state index is 0.0849.